The van der Waals surface area contributed by atoms with Crippen molar-refractivity contribution in [3.8, 4) is 0 Å². The average Bonchev–Trinajstić information content (AvgIpc) is 3.11. The molecule has 172 valence electrons. The lowest BCUT2D eigenvalue weighted by Gasteiger charge is -2.15. The molecule has 0 atom stereocenters. The van der Waals surface area contributed by atoms with Crippen LogP contribution >= 0.6 is 0 Å². The molecule has 3 aromatic carbocycles. The SMILES string of the molecule is Cc1cc(C)c2c(c1)cc(COCc1ccccc1Nc1cccc(C)c1C)n2S(C)(=O)=O. The van der Waals surface area contributed by atoms with Crippen molar-refractivity contribution >= 4 is 32.3 Å². The molecule has 0 aliphatic rings. The van der Waals surface area contributed by atoms with Crippen LogP contribution in [0.1, 0.15) is 33.5 Å². The van der Waals surface area contributed by atoms with Crippen LogP contribution in [-0.2, 0) is 28.0 Å². The van der Waals surface area contributed by atoms with Gasteiger partial charge in [-0.15, -0.1) is 0 Å². The predicted molar refractivity (Wildman–Crippen MR) is 136 cm³/mol. The van der Waals surface area contributed by atoms with Gasteiger partial charge in [0.05, 0.1) is 30.7 Å². The Labute approximate surface area is 196 Å². The number of anilines is 2. The standard InChI is InChI=1S/C27H30N2O3S/c1-18-13-20(3)27-23(14-18)15-24(29(27)33(5,30)31)17-32-16-22-10-6-7-11-26(22)28-25-12-8-9-19(2)21(25)4/h6-15,28H,16-17H2,1-5H3. The fourth-order valence-corrected chi connectivity index (χ4v) is 5.42. The van der Waals surface area contributed by atoms with E-state index in [0.717, 1.165) is 39.0 Å². The van der Waals surface area contributed by atoms with E-state index in [1.807, 2.05) is 62.4 Å². The second-order valence-corrected chi connectivity index (χ2v) is 10.5. The molecule has 0 fully saturated rings. The molecule has 33 heavy (non-hydrogen) atoms. The molecule has 4 aromatic rings. The molecule has 5 nitrogen and oxygen atoms in total. The summed E-state index contributed by atoms with van der Waals surface area (Å²) in [6, 6.07) is 20.1. The molecule has 0 bridgehead atoms. The molecular formula is C27H30N2O3S. The number of fused-ring (bicyclic) bond motifs is 1. The van der Waals surface area contributed by atoms with Crippen molar-refractivity contribution in [3.05, 3.63) is 94.2 Å². The van der Waals surface area contributed by atoms with Gasteiger partial charge in [-0.1, -0.05) is 42.0 Å². The average molecular weight is 463 g/mol. The minimum absolute atomic E-state index is 0.193. The second-order valence-electron chi connectivity index (χ2n) is 8.71. The molecule has 0 amide bonds. The Balaban J connectivity index is 1.59. The van der Waals surface area contributed by atoms with Gasteiger partial charge in [-0.3, -0.25) is 0 Å². The maximum absolute atomic E-state index is 12.6. The molecule has 6 heteroatoms. The monoisotopic (exact) mass is 462 g/mol. The van der Waals surface area contributed by atoms with Gasteiger partial charge in [-0.2, -0.15) is 0 Å². The van der Waals surface area contributed by atoms with Crippen LogP contribution in [0.5, 0.6) is 0 Å². The number of para-hydroxylation sites is 1. The smallest absolute Gasteiger partial charge is 0.236 e. The summed E-state index contributed by atoms with van der Waals surface area (Å²) < 4.78 is 32.7. The predicted octanol–water partition coefficient (Wildman–Crippen LogP) is 6.14. The number of benzene rings is 3. The van der Waals surface area contributed by atoms with Crippen LogP contribution in [0.25, 0.3) is 10.9 Å². The van der Waals surface area contributed by atoms with Gasteiger partial charge in [-0.05, 0) is 68.7 Å². The van der Waals surface area contributed by atoms with Crippen molar-refractivity contribution in [3.63, 3.8) is 0 Å². The molecule has 1 heterocycles. The molecule has 0 aliphatic heterocycles. The van der Waals surface area contributed by atoms with Gasteiger partial charge in [0.2, 0.25) is 10.0 Å². The van der Waals surface area contributed by atoms with E-state index in [2.05, 4.69) is 31.3 Å². The molecule has 0 saturated heterocycles. The van der Waals surface area contributed by atoms with Crippen molar-refractivity contribution in [1.82, 2.24) is 3.97 Å². The lowest BCUT2D eigenvalue weighted by Crippen LogP contribution is -2.14. The molecular weight excluding hydrogens is 432 g/mol. The summed E-state index contributed by atoms with van der Waals surface area (Å²) >= 11 is 0. The first kappa shape index (κ1) is 23.1. The Morgan fingerprint density at radius 1 is 0.848 bits per heavy atom. The Bertz CT molecular complexity index is 1440. The zero-order valence-electron chi connectivity index (χ0n) is 19.8. The molecule has 4 rings (SSSR count). The lowest BCUT2D eigenvalue weighted by molar-refractivity contribution is 0.105. The van der Waals surface area contributed by atoms with Crippen LogP contribution in [-0.4, -0.2) is 18.6 Å². The van der Waals surface area contributed by atoms with Crippen molar-refractivity contribution in [2.24, 2.45) is 0 Å². The van der Waals surface area contributed by atoms with E-state index < -0.39 is 10.0 Å². The van der Waals surface area contributed by atoms with Gasteiger partial charge < -0.3 is 10.1 Å². The molecule has 0 radical (unpaired) electrons. The number of aryl methyl sites for hydroxylation is 3. The minimum atomic E-state index is -3.48. The third-order valence-electron chi connectivity index (χ3n) is 5.99. The summed E-state index contributed by atoms with van der Waals surface area (Å²) in [6.45, 7) is 8.70. The number of ether oxygens (including phenoxy) is 1. The highest BCUT2D eigenvalue weighted by atomic mass is 32.2. The summed E-state index contributed by atoms with van der Waals surface area (Å²) in [6.07, 6.45) is 1.23. The van der Waals surface area contributed by atoms with Crippen molar-refractivity contribution in [2.45, 2.75) is 40.9 Å². The van der Waals surface area contributed by atoms with E-state index in [-0.39, 0.29) is 6.61 Å². The molecule has 0 saturated carbocycles. The fraction of sp³-hybridized carbons (Fsp3) is 0.259. The topological polar surface area (TPSA) is 60.3 Å². The van der Waals surface area contributed by atoms with E-state index in [0.29, 0.717) is 12.3 Å². The highest BCUT2D eigenvalue weighted by molar-refractivity contribution is 7.89. The number of hydrogen-bond donors (Lipinski definition) is 1. The van der Waals surface area contributed by atoms with Crippen LogP contribution in [0.2, 0.25) is 0 Å². The number of nitrogens with one attached hydrogen (secondary N) is 1. The summed E-state index contributed by atoms with van der Waals surface area (Å²) in [5.74, 6) is 0. The van der Waals surface area contributed by atoms with Crippen LogP contribution in [0.15, 0.2) is 60.7 Å². The largest absolute Gasteiger partial charge is 0.370 e. The zero-order chi connectivity index (χ0) is 23.8. The first-order chi connectivity index (χ1) is 15.6. The molecule has 0 unspecified atom stereocenters. The van der Waals surface area contributed by atoms with Crippen molar-refractivity contribution < 1.29 is 13.2 Å². The van der Waals surface area contributed by atoms with Crippen LogP contribution in [0.3, 0.4) is 0 Å². The lowest BCUT2D eigenvalue weighted by atomic mass is 10.1. The maximum atomic E-state index is 12.6. The third-order valence-corrected chi connectivity index (χ3v) is 7.07. The van der Waals surface area contributed by atoms with Gasteiger partial charge in [-0.25, -0.2) is 12.4 Å². The van der Waals surface area contributed by atoms with Crippen LogP contribution < -0.4 is 5.32 Å². The Morgan fingerprint density at radius 3 is 2.33 bits per heavy atom. The van der Waals surface area contributed by atoms with Crippen molar-refractivity contribution in [2.75, 3.05) is 11.6 Å². The van der Waals surface area contributed by atoms with E-state index in [1.165, 1.54) is 21.4 Å². The van der Waals surface area contributed by atoms with Gasteiger partial charge in [0.25, 0.3) is 0 Å². The van der Waals surface area contributed by atoms with Gasteiger partial charge in [0.1, 0.15) is 0 Å². The maximum Gasteiger partial charge on any atom is 0.236 e. The summed E-state index contributed by atoms with van der Waals surface area (Å²) in [7, 11) is -3.48. The van der Waals surface area contributed by atoms with E-state index in [4.69, 9.17) is 4.74 Å². The molecule has 1 N–H and O–H groups in total. The number of hydrogen-bond acceptors (Lipinski definition) is 4. The zero-order valence-corrected chi connectivity index (χ0v) is 20.6. The summed E-state index contributed by atoms with van der Waals surface area (Å²) in [5, 5.41) is 4.43. The van der Waals surface area contributed by atoms with Gasteiger partial charge in [0.15, 0.2) is 0 Å². The summed E-state index contributed by atoms with van der Waals surface area (Å²) in [4.78, 5) is 0. The Hall–Kier alpha value is -3.09. The molecule has 0 aliphatic carbocycles. The van der Waals surface area contributed by atoms with Gasteiger partial charge >= 0.3 is 0 Å². The third kappa shape index (κ3) is 4.82. The first-order valence-electron chi connectivity index (χ1n) is 11.0. The van der Waals surface area contributed by atoms with E-state index in [9.17, 15) is 8.42 Å². The highest BCUT2D eigenvalue weighted by Gasteiger charge is 2.18. The number of aromatic nitrogens is 1. The fourth-order valence-electron chi connectivity index (χ4n) is 4.31. The van der Waals surface area contributed by atoms with Crippen LogP contribution in [0, 0.1) is 27.7 Å². The van der Waals surface area contributed by atoms with E-state index in [1.54, 1.807) is 0 Å². The normalized spacial score (nSPS) is 11.8. The highest BCUT2D eigenvalue weighted by Crippen LogP contribution is 2.28. The molecule has 1 aromatic heterocycles. The minimum Gasteiger partial charge on any atom is -0.370 e. The number of nitrogens with zero attached hydrogens (tertiary/aromatic N) is 1. The quantitative estimate of drug-likeness (QED) is 0.358. The van der Waals surface area contributed by atoms with Crippen LogP contribution in [0.4, 0.5) is 11.4 Å². The second kappa shape index (κ2) is 9.04. The Morgan fingerprint density at radius 2 is 1.58 bits per heavy atom. The first-order valence-corrected chi connectivity index (χ1v) is 12.8. The van der Waals surface area contributed by atoms with E-state index >= 15 is 0 Å². The molecule has 0 spiro atoms. The number of rotatable bonds is 7. The Kier molecular flexibility index (Phi) is 6.32. The van der Waals surface area contributed by atoms with Crippen molar-refractivity contribution in [1.29, 1.82) is 0 Å². The van der Waals surface area contributed by atoms with Gasteiger partial charge in [0, 0.05) is 22.3 Å². The summed E-state index contributed by atoms with van der Waals surface area (Å²) in [5.41, 5.74) is 8.86.